The zero-order valence-corrected chi connectivity index (χ0v) is 16.3. The molecule has 1 aromatic rings. The van der Waals surface area contributed by atoms with E-state index in [4.69, 9.17) is 20.9 Å². The summed E-state index contributed by atoms with van der Waals surface area (Å²) in [4.78, 5) is 11.3. The lowest BCUT2D eigenvalue weighted by molar-refractivity contribution is -0.118. The van der Waals surface area contributed by atoms with Gasteiger partial charge < -0.3 is 14.6 Å². The molecule has 1 aromatic carbocycles. The zero-order chi connectivity index (χ0) is 19.0. The van der Waals surface area contributed by atoms with Gasteiger partial charge in [-0.3, -0.25) is 4.79 Å². The molecule has 0 unspecified atom stereocenters. The molecule has 1 heterocycles. The Kier molecular flexibility index (Phi) is 5.67. The molecular weight excluding hydrogens is 343 g/mol. The van der Waals surface area contributed by atoms with Gasteiger partial charge in [0.1, 0.15) is 5.82 Å². The number of hydrogen-bond acceptors (Lipinski definition) is 3. The molecule has 0 bridgehead atoms. The molecule has 0 spiro atoms. The topological polar surface area (TPSA) is 47.6 Å². The van der Waals surface area contributed by atoms with Crippen LogP contribution in [0.5, 0.6) is 0 Å². The van der Waals surface area contributed by atoms with Crippen molar-refractivity contribution in [1.29, 1.82) is 0 Å². The molecule has 0 aromatic heterocycles. The Balaban J connectivity index is 2.40. The number of nitrogens with one attached hydrogen (secondary N) is 1. The van der Waals surface area contributed by atoms with Gasteiger partial charge in [-0.15, -0.1) is 0 Å². The number of aryl methyl sites for hydroxylation is 1. The van der Waals surface area contributed by atoms with Crippen LogP contribution in [0.4, 0.5) is 4.39 Å². The van der Waals surface area contributed by atoms with Crippen LogP contribution in [0.1, 0.15) is 45.7 Å². The van der Waals surface area contributed by atoms with E-state index in [-0.39, 0.29) is 12.5 Å². The summed E-state index contributed by atoms with van der Waals surface area (Å²) < 4.78 is 26.4. The molecule has 136 valence electrons. The van der Waals surface area contributed by atoms with E-state index >= 15 is 0 Å². The first-order valence-corrected chi connectivity index (χ1v) is 8.57. The van der Waals surface area contributed by atoms with Crippen molar-refractivity contribution < 1.29 is 18.5 Å². The smallest absolute Gasteiger partial charge is 0.400 e. The van der Waals surface area contributed by atoms with Gasteiger partial charge in [-0.05, 0) is 57.8 Å². The van der Waals surface area contributed by atoms with Gasteiger partial charge in [-0.25, -0.2) is 4.39 Å². The number of hydrogen-bond donors (Lipinski definition) is 1. The highest BCUT2D eigenvalue weighted by Gasteiger charge is 2.52. The van der Waals surface area contributed by atoms with Gasteiger partial charge in [0.15, 0.2) is 0 Å². The minimum Gasteiger partial charge on any atom is -0.400 e. The Labute approximate surface area is 153 Å². The molecule has 25 heavy (non-hydrogen) atoms. The number of benzene rings is 1. The third kappa shape index (κ3) is 4.43. The van der Waals surface area contributed by atoms with Crippen molar-refractivity contribution in [3.63, 3.8) is 0 Å². The standard InChI is InChI=1S/C18H24BClFNO3/c1-11-7-16(21)13(9-15(11)20)8-14(10-22-12(2)23)19-24-17(3,4)18(5,6)25-19/h7-9H,10H2,1-6H3,(H,22,23). The number of halogens is 2. The third-order valence-corrected chi connectivity index (χ3v) is 5.12. The lowest BCUT2D eigenvalue weighted by Crippen LogP contribution is -2.41. The molecular formula is C18H24BClFNO3. The minimum absolute atomic E-state index is 0.190. The summed E-state index contributed by atoms with van der Waals surface area (Å²) in [7, 11) is -0.684. The van der Waals surface area contributed by atoms with Crippen LogP contribution in [0.15, 0.2) is 17.6 Å². The van der Waals surface area contributed by atoms with E-state index < -0.39 is 24.1 Å². The van der Waals surface area contributed by atoms with E-state index in [0.717, 1.165) is 0 Å². The molecule has 7 heteroatoms. The van der Waals surface area contributed by atoms with Crippen LogP contribution in [-0.4, -0.2) is 30.8 Å². The van der Waals surface area contributed by atoms with Crippen molar-refractivity contribution in [2.24, 2.45) is 0 Å². The highest BCUT2D eigenvalue weighted by molar-refractivity contribution is 6.56. The fourth-order valence-electron chi connectivity index (χ4n) is 2.40. The van der Waals surface area contributed by atoms with E-state index in [1.54, 1.807) is 19.1 Å². The van der Waals surface area contributed by atoms with Crippen molar-refractivity contribution in [2.75, 3.05) is 6.54 Å². The van der Waals surface area contributed by atoms with E-state index in [1.807, 2.05) is 27.7 Å². The van der Waals surface area contributed by atoms with Crippen LogP contribution in [0.2, 0.25) is 5.02 Å². The van der Waals surface area contributed by atoms with Crippen LogP contribution in [-0.2, 0) is 14.1 Å². The van der Waals surface area contributed by atoms with Gasteiger partial charge in [-0.2, -0.15) is 0 Å². The summed E-state index contributed by atoms with van der Waals surface area (Å²) in [6, 6.07) is 2.94. The monoisotopic (exact) mass is 367 g/mol. The molecule has 1 amide bonds. The predicted octanol–water partition coefficient (Wildman–Crippen LogP) is 3.94. The lowest BCUT2D eigenvalue weighted by Gasteiger charge is -2.32. The Morgan fingerprint density at radius 2 is 1.84 bits per heavy atom. The first kappa shape index (κ1) is 20.0. The second kappa shape index (κ2) is 7.10. The van der Waals surface area contributed by atoms with Crippen LogP contribution in [0.3, 0.4) is 0 Å². The Hall–Kier alpha value is -1.37. The predicted molar refractivity (Wildman–Crippen MR) is 98.9 cm³/mol. The summed E-state index contributed by atoms with van der Waals surface area (Å²) >= 11 is 6.12. The minimum atomic E-state index is -0.684. The summed E-state index contributed by atoms with van der Waals surface area (Å²) in [5.74, 6) is -0.580. The van der Waals surface area contributed by atoms with E-state index in [1.165, 1.54) is 13.0 Å². The van der Waals surface area contributed by atoms with E-state index in [0.29, 0.717) is 21.6 Å². The molecule has 1 aliphatic rings. The second-order valence-electron chi connectivity index (χ2n) is 7.34. The van der Waals surface area contributed by atoms with Gasteiger partial charge in [0.05, 0.1) is 11.2 Å². The highest BCUT2D eigenvalue weighted by atomic mass is 35.5. The lowest BCUT2D eigenvalue weighted by atomic mass is 9.77. The first-order valence-electron chi connectivity index (χ1n) is 8.19. The maximum absolute atomic E-state index is 14.3. The summed E-state index contributed by atoms with van der Waals surface area (Å²) in [5.41, 5.74) is 0.543. The fraction of sp³-hybridized carbons (Fsp3) is 0.500. The number of carbonyl (C=O) groups is 1. The van der Waals surface area contributed by atoms with Gasteiger partial charge in [0, 0.05) is 24.1 Å². The molecule has 0 radical (unpaired) electrons. The quantitative estimate of drug-likeness (QED) is 0.820. The van der Waals surface area contributed by atoms with Gasteiger partial charge in [0.2, 0.25) is 5.91 Å². The molecule has 1 fully saturated rings. The SMILES string of the molecule is CC(=O)NCC(=Cc1cc(Cl)c(C)cc1F)B1OC(C)(C)C(C)(C)O1. The second-order valence-corrected chi connectivity index (χ2v) is 7.75. The molecule has 4 nitrogen and oxygen atoms in total. The van der Waals surface area contributed by atoms with Crippen molar-refractivity contribution in [3.8, 4) is 0 Å². The summed E-state index contributed by atoms with van der Waals surface area (Å²) in [6.45, 7) is 11.1. The Morgan fingerprint density at radius 3 is 2.36 bits per heavy atom. The summed E-state index contributed by atoms with van der Waals surface area (Å²) in [6.07, 6.45) is 1.62. The van der Waals surface area contributed by atoms with Crippen molar-refractivity contribution in [2.45, 2.75) is 52.7 Å². The number of rotatable bonds is 4. The largest absolute Gasteiger partial charge is 0.492 e. The molecule has 2 rings (SSSR count). The molecule has 1 N–H and O–H groups in total. The van der Waals surface area contributed by atoms with E-state index in [9.17, 15) is 9.18 Å². The number of carbonyl (C=O) groups excluding carboxylic acids is 1. The third-order valence-electron chi connectivity index (χ3n) is 4.72. The maximum atomic E-state index is 14.3. The molecule has 1 saturated heterocycles. The normalized spacial score (nSPS) is 19.2. The van der Waals surface area contributed by atoms with Gasteiger partial charge in [0.25, 0.3) is 0 Å². The molecule has 1 aliphatic heterocycles. The first-order chi connectivity index (χ1) is 11.4. The Morgan fingerprint density at radius 1 is 1.28 bits per heavy atom. The average Bonchev–Trinajstić information content (AvgIpc) is 2.68. The maximum Gasteiger partial charge on any atom is 0.492 e. The Bertz CT molecular complexity index is 703. The van der Waals surface area contributed by atoms with Crippen LogP contribution >= 0.6 is 11.6 Å². The van der Waals surface area contributed by atoms with Crippen molar-refractivity contribution >= 4 is 30.7 Å². The van der Waals surface area contributed by atoms with Gasteiger partial charge >= 0.3 is 7.12 Å². The van der Waals surface area contributed by atoms with Crippen LogP contribution in [0.25, 0.3) is 6.08 Å². The average molecular weight is 368 g/mol. The summed E-state index contributed by atoms with van der Waals surface area (Å²) in [5, 5.41) is 3.19. The van der Waals surface area contributed by atoms with Crippen LogP contribution in [0, 0.1) is 12.7 Å². The highest BCUT2D eigenvalue weighted by Crippen LogP contribution is 2.39. The molecule has 0 aliphatic carbocycles. The molecule has 0 saturated carbocycles. The number of amides is 1. The zero-order valence-electron chi connectivity index (χ0n) is 15.5. The molecule has 0 atom stereocenters. The van der Waals surface area contributed by atoms with E-state index in [2.05, 4.69) is 5.32 Å². The van der Waals surface area contributed by atoms with Crippen LogP contribution < -0.4 is 5.32 Å². The van der Waals surface area contributed by atoms with Crippen molar-refractivity contribution in [1.82, 2.24) is 5.32 Å². The van der Waals surface area contributed by atoms with Gasteiger partial charge in [-0.1, -0.05) is 17.7 Å². The van der Waals surface area contributed by atoms with Crippen molar-refractivity contribution in [3.05, 3.63) is 39.6 Å². The fourth-order valence-corrected chi connectivity index (χ4v) is 2.57.